The van der Waals surface area contributed by atoms with Crippen molar-refractivity contribution < 1.29 is 24.4 Å². The van der Waals surface area contributed by atoms with Crippen LogP contribution in [0.5, 0.6) is 0 Å². The molecule has 1 aliphatic carbocycles. The molecule has 1 rings (SSSR count). The van der Waals surface area contributed by atoms with Crippen LogP contribution in [0.1, 0.15) is 6.42 Å². The molecule has 0 radical (unpaired) electrons. The fourth-order valence-electron chi connectivity index (χ4n) is 0.447. The van der Waals surface area contributed by atoms with Crippen molar-refractivity contribution in [3.63, 3.8) is 0 Å². The van der Waals surface area contributed by atoms with Crippen LogP contribution in [0.25, 0.3) is 0 Å². The molecule has 0 heterocycles. The van der Waals surface area contributed by atoms with Gasteiger partial charge in [-0.1, -0.05) is 0 Å². The summed E-state index contributed by atoms with van der Waals surface area (Å²) >= 11 is 1.25. The second kappa shape index (κ2) is 6.92. The zero-order valence-electron chi connectivity index (χ0n) is 4.26. The molecule has 0 fully saturated rings. The Hall–Kier alpha value is 1.81. The third-order valence-corrected chi connectivity index (χ3v) is 2.10. The Kier molecular flexibility index (Phi) is 10.8. The van der Waals surface area contributed by atoms with Gasteiger partial charge in [0.15, 0.2) is 0 Å². The summed E-state index contributed by atoms with van der Waals surface area (Å²) < 4.78 is 1.61. The molecule has 0 saturated heterocycles. The van der Waals surface area contributed by atoms with Crippen molar-refractivity contribution in [2.45, 2.75) is 6.42 Å². The second-order valence-corrected chi connectivity index (χ2v) is 3.63. The van der Waals surface area contributed by atoms with Crippen LogP contribution in [-0.4, -0.2) is 0 Å². The third-order valence-electron chi connectivity index (χ3n) is 0.771. The van der Waals surface area contributed by atoms with Crippen molar-refractivity contribution in [2.24, 2.45) is 0 Å². The summed E-state index contributed by atoms with van der Waals surface area (Å²) in [6.45, 7) is 0. The number of halogens is 2. The molecule has 0 N–H and O–H groups in total. The van der Waals surface area contributed by atoms with Crippen molar-refractivity contribution in [1.29, 1.82) is 0 Å². The van der Waals surface area contributed by atoms with Gasteiger partial charge < -0.3 is 0 Å². The average molecular weight is 499 g/mol. The predicted octanol–water partition coefficient (Wildman–Crippen LogP) is 2.61. The van der Waals surface area contributed by atoms with E-state index in [2.05, 4.69) is 18.2 Å². The third kappa shape index (κ3) is 4.67. The van der Waals surface area contributed by atoms with E-state index >= 15 is 0 Å². The van der Waals surface area contributed by atoms with Crippen molar-refractivity contribution in [3.8, 4) is 0 Å². The molecule has 0 unspecified atom stereocenters. The van der Waals surface area contributed by atoms with Crippen LogP contribution in [0.2, 0.25) is 0 Å². The summed E-state index contributed by atoms with van der Waals surface area (Å²) in [4.78, 5) is 0. The van der Waals surface area contributed by atoms with Crippen molar-refractivity contribution in [1.82, 2.24) is 0 Å². The van der Waals surface area contributed by atoms with Gasteiger partial charge in [-0.15, -0.1) is 48.0 Å². The maximum absolute atomic E-state index is 2.20. The molecule has 0 aromatic carbocycles. The SMILES string of the molecule is I.I.[Hf][C]1=CC=CC1. The molecule has 45 valence electrons. The minimum absolute atomic E-state index is 0. The topological polar surface area (TPSA) is 0 Å². The summed E-state index contributed by atoms with van der Waals surface area (Å²) in [5.74, 6) is 0. The number of hydrogen-bond acceptors (Lipinski definition) is 0. The van der Waals surface area contributed by atoms with Crippen LogP contribution in [0.15, 0.2) is 21.6 Å². The standard InChI is InChI=1S/C5H5.Hf.2HI/c1-2-4-5-3-1;;;/h1-3H,4H2;;2*1H. The molecule has 8 heavy (non-hydrogen) atoms. The fraction of sp³-hybridized carbons (Fsp3) is 0.200. The zero-order chi connectivity index (χ0) is 4.41. The van der Waals surface area contributed by atoms with Gasteiger partial charge in [-0.05, 0) is 0 Å². The molecule has 0 nitrogen and oxygen atoms in total. The van der Waals surface area contributed by atoms with Gasteiger partial charge >= 0.3 is 52.4 Å². The average Bonchev–Trinajstić information content (AvgIpc) is 1.86. The molecule has 1 aliphatic rings. The van der Waals surface area contributed by atoms with E-state index in [1.165, 1.54) is 30.8 Å². The Morgan fingerprint density at radius 3 is 2.12 bits per heavy atom. The number of hydrogen-bond donors (Lipinski definition) is 0. The van der Waals surface area contributed by atoms with E-state index in [1.54, 1.807) is 3.33 Å². The molecular weight excluding hydrogens is 492 g/mol. The van der Waals surface area contributed by atoms with Crippen molar-refractivity contribution in [2.75, 3.05) is 0 Å². The van der Waals surface area contributed by atoms with E-state index in [-0.39, 0.29) is 48.0 Å². The van der Waals surface area contributed by atoms with Crippen LogP contribution in [0.4, 0.5) is 0 Å². The Morgan fingerprint density at radius 2 is 2.00 bits per heavy atom. The van der Waals surface area contributed by atoms with Gasteiger partial charge in [-0.3, -0.25) is 0 Å². The quantitative estimate of drug-likeness (QED) is 0.355. The van der Waals surface area contributed by atoms with Crippen molar-refractivity contribution >= 4 is 48.0 Å². The van der Waals surface area contributed by atoms with Crippen LogP contribution in [0.3, 0.4) is 0 Å². The Bertz CT molecular complexity index is 107. The first-order valence-electron chi connectivity index (χ1n) is 1.97. The van der Waals surface area contributed by atoms with Gasteiger partial charge in [0.05, 0.1) is 0 Å². The van der Waals surface area contributed by atoms with Gasteiger partial charge in [0.2, 0.25) is 0 Å². The Balaban J connectivity index is 0. The molecule has 3 heteroatoms. The molecule has 0 aromatic heterocycles. The molecule has 0 bridgehead atoms. The first-order chi connectivity index (χ1) is 2.89. The monoisotopic (exact) mass is 501 g/mol. The zero-order valence-corrected chi connectivity index (χ0v) is 12.5. The van der Waals surface area contributed by atoms with Gasteiger partial charge in [-0.25, -0.2) is 0 Å². The molecule has 0 atom stereocenters. The van der Waals surface area contributed by atoms with E-state index in [4.69, 9.17) is 0 Å². The number of allylic oxidation sites excluding steroid dienone is 4. The van der Waals surface area contributed by atoms with E-state index in [0.717, 1.165) is 0 Å². The summed E-state index contributed by atoms with van der Waals surface area (Å²) in [5.41, 5.74) is 0. The summed E-state index contributed by atoms with van der Waals surface area (Å²) in [6, 6.07) is 0. The van der Waals surface area contributed by atoms with Crippen LogP contribution in [-0.2, 0) is 24.4 Å². The van der Waals surface area contributed by atoms with E-state index in [1.807, 2.05) is 0 Å². The normalized spacial score (nSPS) is 13.6. The Labute approximate surface area is 98.8 Å². The Morgan fingerprint density at radius 1 is 1.38 bits per heavy atom. The van der Waals surface area contributed by atoms with Gasteiger partial charge in [0.1, 0.15) is 0 Å². The molecule has 0 aromatic rings. The van der Waals surface area contributed by atoms with E-state index in [9.17, 15) is 0 Å². The van der Waals surface area contributed by atoms with Gasteiger partial charge in [0.25, 0.3) is 0 Å². The molecule has 0 amide bonds. The summed E-state index contributed by atoms with van der Waals surface area (Å²) in [7, 11) is 0. The molecular formula is C5H7HfI2. The van der Waals surface area contributed by atoms with E-state index < -0.39 is 0 Å². The van der Waals surface area contributed by atoms with Gasteiger partial charge in [0, 0.05) is 0 Å². The maximum atomic E-state index is 2.20. The van der Waals surface area contributed by atoms with Crippen molar-refractivity contribution in [3.05, 3.63) is 21.6 Å². The van der Waals surface area contributed by atoms with Crippen LogP contribution >= 0.6 is 48.0 Å². The fourth-order valence-corrected chi connectivity index (χ4v) is 1.22. The molecule has 0 aliphatic heterocycles. The van der Waals surface area contributed by atoms with E-state index in [0.29, 0.717) is 0 Å². The predicted molar refractivity (Wildman–Crippen MR) is 52.7 cm³/mol. The summed E-state index contributed by atoms with van der Waals surface area (Å²) in [5, 5.41) is 0. The number of rotatable bonds is 0. The van der Waals surface area contributed by atoms with Gasteiger partial charge in [-0.2, -0.15) is 0 Å². The molecule has 0 spiro atoms. The van der Waals surface area contributed by atoms with Crippen LogP contribution < -0.4 is 0 Å². The van der Waals surface area contributed by atoms with Crippen LogP contribution in [0, 0.1) is 0 Å². The first kappa shape index (κ1) is 12.5. The second-order valence-electron chi connectivity index (χ2n) is 1.32. The summed E-state index contributed by atoms with van der Waals surface area (Å²) in [6.07, 6.45) is 7.75. The first-order valence-corrected chi connectivity index (χ1v) is 3.76. The molecule has 0 saturated carbocycles. The minimum atomic E-state index is 0.